The van der Waals surface area contributed by atoms with E-state index in [1.165, 1.54) is 6.33 Å². The summed E-state index contributed by atoms with van der Waals surface area (Å²) in [6, 6.07) is 13.3. The van der Waals surface area contributed by atoms with E-state index < -0.39 is 0 Å². The Morgan fingerprint density at radius 1 is 1.08 bits per heavy atom. The van der Waals surface area contributed by atoms with Gasteiger partial charge in [-0.15, -0.1) is 0 Å². The average molecular weight is 334 g/mol. The molecule has 1 amide bonds. The number of hydrogen-bond acceptors (Lipinski definition) is 5. The van der Waals surface area contributed by atoms with Gasteiger partial charge in [0.1, 0.15) is 18.1 Å². The average Bonchev–Trinajstić information content (AvgIpc) is 2.68. The van der Waals surface area contributed by atoms with Crippen LogP contribution in [0.5, 0.6) is 5.88 Å². The monoisotopic (exact) mass is 334 g/mol. The van der Waals surface area contributed by atoms with Crippen molar-refractivity contribution >= 4 is 16.8 Å². The van der Waals surface area contributed by atoms with Crippen molar-refractivity contribution in [2.45, 2.75) is 18.9 Å². The second-order valence-electron chi connectivity index (χ2n) is 6.05. The molecule has 6 heteroatoms. The van der Waals surface area contributed by atoms with Crippen molar-refractivity contribution in [2.24, 2.45) is 0 Å². The topological polar surface area (TPSA) is 68.2 Å². The van der Waals surface area contributed by atoms with E-state index in [1.807, 2.05) is 35.2 Å². The molecule has 126 valence electrons. The molecule has 3 heterocycles. The lowest BCUT2D eigenvalue weighted by atomic mass is 10.1. The molecule has 0 saturated carbocycles. The Balaban J connectivity index is 1.40. The molecule has 0 N–H and O–H groups in total. The Kier molecular flexibility index (Phi) is 4.24. The van der Waals surface area contributed by atoms with Crippen molar-refractivity contribution in [1.82, 2.24) is 19.9 Å². The first-order valence-electron chi connectivity index (χ1n) is 8.37. The van der Waals surface area contributed by atoms with Gasteiger partial charge in [0.25, 0.3) is 5.91 Å². The maximum atomic E-state index is 12.7. The third-order valence-electron chi connectivity index (χ3n) is 4.39. The molecular weight excluding hydrogens is 316 g/mol. The van der Waals surface area contributed by atoms with Gasteiger partial charge in [0.2, 0.25) is 5.88 Å². The lowest BCUT2D eigenvalue weighted by molar-refractivity contribution is 0.0582. The molecule has 0 spiro atoms. The van der Waals surface area contributed by atoms with Crippen LogP contribution in [0, 0.1) is 0 Å². The summed E-state index contributed by atoms with van der Waals surface area (Å²) in [4.78, 5) is 27.0. The summed E-state index contributed by atoms with van der Waals surface area (Å²) in [6.07, 6.45) is 4.77. The highest BCUT2D eigenvalue weighted by Gasteiger charge is 2.25. The molecule has 1 fully saturated rings. The maximum absolute atomic E-state index is 12.7. The van der Waals surface area contributed by atoms with E-state index in [4.69, 9.17) is 4.74 Å². The Bertz CT molecular complexity index is 877. The molecule has 3 aromatic rings. The van der Waals surface area contributed by atoms with Crippen LogP contribution >= 0.6 is 0 Å². The summed E-state index contributed by atoms with van der Waals surface area (Å²) >= 11 is 0. The Hall–Kier alpha value is -3.02. The second kappa shape index (κ2) is 6.84. The number of para-hydroxylation sites is 1. The smallest absolute Gasteiger partial charge is 0.272 e. The number of benzene rings is 1. The predicted octanol–water partition coefficient (Wildman–Crippen LogP) is 2.71. The molecule has 0 bridgehead atoms. The number of likely N-dealkylation sites (tertiary alicyclic amines) is 1. The summed E-state index contributed by atoms with van der Waals surface area (Å²) in [5.41, 5.74) is 1.34. The molecule has 0 aliphatic carbocycles. The predicted molar refractivity (Wildman–Crippen MR) is 93.3 cm³/mol. The van der Waals surface area contributed by atoms with E-state index in [0.29, 0.717) is 24.7 Å². The molecule has 1 aliphatic heterocycles. The number of hydrogen-bond donors (Lipinski definition) is 0. The number of carbonyl (C=O) groups is 1. The Labute approximate surface area is 145 Å². The zero-order valence-corrected chi connectivity index (χ0v) is 13.7. The highest BCUT2D eigenvalue weighted by molar-refractivity contribution is 5.94. The van der Waals surface area contributed by atoms with Gasteiger partial charge in [-0.25, -0.2) is 15.0 Å². The van der Waals surface area contributed by atoms with Gasteiger partial charge >= 0.3 is 0 Å². The normalized spacial score (nSPS) is 15.3. The van der Waals surface area contributed by atoms with E-state index in [1.54, 1.807) is 18.3 Å². The van der Waals surface area contributed by atoms with Crippen LogP contribution in [-0.2, 0) is 0 Å². The number of fused-ring (bicyclic) bond motifs is 1. The number of rotatable bonds is 3. The van der Waals surface area contributed by atoms with Crippen LogP contribution in [0.4, 0.5) is 0 Å². The van der Waals surface area contributed by atoms with Crippen LogP contribution < -0.4 is 4.74 Å². The fourth-order valence-corrected chi connectivity index (χ4v) is 3.04. The fourth-order valence-electron chi connectivity index (χ4n) is 3.04. The summed E-state index contributed by atoms with van der Waals surface area (Å²) in [5, 5.41) is 1.04. The van der Waals surface area contributed by atoms with Crippen LogP contribution in [-0.4, -0.2) is 45.0 Å². The van der Waals surface area contributed by atoms with Gasteiger partial charge in [-0.2, -0.15) is 0 Å². The third-order valence-corrected chi connectivity index (χ3v) is 4.39. The number of amides is 1. The van der Waals surface area contributed by atoms with Crippen molar-refractivity contribution in [3.05, 3.63) is 60.7 Å². The first-order chi connectivity index (χ1) is 12.3. The lowest BCUT2D eigenvalue weighted by Gasteiger charge is -2.31. The second-order valence-corrected chi connectivity index (χ2v) is 6.05. The van der Waals surface area contributed by atoms with Crippen molar-refractivity contribution < 1.29 is 9.53 Å². The van der Waals surface area contributed by atoms with Gasteiger partial charge in [0.05, 0.1) is 5.52 Å². The molecule has 0 atom stereocenters. The number of carbonyl (C=O) groups excluding carboxylic acids is 1. The number of piperidine rings is 1. The summed E-state index contributed by atoms with van der Waals surface area (Å²) in [6.45, 7) is 1.31. The number of ether oxygens (including phenoxy) is 1. The SMILES string of the molecule is O=C(c1ccc2ccccc2n1)N1CCC(Oc2ccncn2)CC1. The zero-order chi connectivity index (χ0) is 17.1. The first kappa shape index (κ1) is 15.5. The summed E-state index contributed by atoms with van der Waals surface area (Å²) in [7, 11) is 0. The summed E-state index contributed by atoms with van der Waals surface area (Å²) < 4.78 is 5.84. The highest BCUT2D eigenvalue weighted by Crippen LogP contribution is 2.19. The molecule has 1 aliphatic rings. The van der Waals surface area contributed by atoms with Gasteiger partial charge in [0.15, 0.2) is 0 Å². The van der Waals surface area contributed by atoms with Crippen molar-refractivity contribution in [3.63, 3.8) is 0 Å². The Morgan fingerprint density at radius 2 is 1.92 bits per heavy atom. The van der Waals surface area contributed by atoms with E-state index >= 15 is 0 Å². The lowest BCUT2D eigenvalue weighted by Crippen LogP contribution is -2.42. The van der Waals surface area contributed by atoms with Crippen molar-refractivity contribution in [2.75, 3.05) is 13.1 Å². The molecule has 2 aromatic heterocycles. The van der Waals surface area contributed by atoms with Gasteiger partial charge in [-0.05, 0) is 12.1 Å². The molecule has 1 saturated heterocycles. The van der Waals surface area contributed by atoms with Crippen molar-refractivity contribution in [1.29, 1.82) is 0 Å². The van der Waals surface area contributed by atoms with E-state index in [0.717, 1.165) is 23.7 Å². The number of nitrogens with zero attached hydrogens (tertiary/aromatic N) is 4. The Morgan fingerprint density at radius 3 is 2.72 bits per heavy atom. The molecule has 6 nitrogen and oxygen atoms in total. The van der Waals surface area contributed by atoms with Crippen LogP contribution in [0.25, 0.3) is 10.9 Å². The van der Waals surface area contributed by atoms with Crippen LogP contribution in [0.2, 0.25) is 0 Å². The number of pyridine rings is 1. The summed E-state index contributed by atoms with van der Waals surface area (Å²) in [5.74, 6) is 0.558. The number of aromatic nitrogens is 3. The first-order valence-corrected chi connectivity index (χ1v) is 8.37. The van der Waals surface area contributed by atoms with Gasteiger partial charge in [0, 0.05) is 43.6 Å². The minimum Gasteiger partial charge on any atom is -0.474 e. The highest BCUT2D eigenvalue weighted by atomic mass is 16.5. The van der Waals surface area contributed by atoms with Crippen LogP contribution in [0.15, 0.2) is 55.0 Å². The fraction of sp³-hybridized carbons (Fsp3) is 0.263. The third kappa shape index (κ3) is 3.42. The standard InChI is InChI=1S/C19H18N4O2/c24-19(17-6-5-14-3-1-2-4-16(14)22-17)23-11-8-15(9-12-23)25-18-7-10-20-13-21-18/h1-7,10,13,15H,8-9,11-12H2. The van der Waals surface area contributed by atoms with E-state index in [9.17, 15) is 4.79 Å². The molecule has 25 heavy (non-hydrogen) atoms. The van der Waals surface area contributed by atoms with Crippen LogP contribution in [0.3, 0.4) is 0 Å². The molecule has 0 radical (unpaired) electrons. The molecular formula is C19H18N4O2. The van der Waals surface area contributed by atoms with Crippen molar-refractivity contribution in [3.8, 4) is 5.88 Å². The minimum atomic E-state index is -0.0220. The van der Waals surface area contributed by atoms with Gasteiger partial charge in [-0.3, -0.25) is 4.79 Å². The minimum absolute atomic E-state index is 0.0220. The quantitative estimate of drug-likeness (QED) is 0.737. The largest absolute Gasteiger partial charge is 0.474 e. The molecule has 0 unspecified atom stereocenters. The van der Waals surface area contributed by atoms with Gasteiger partial charge in [-0.1, -0.05) is 24.3 Å². The maximum Gasteiger partial charge on any atom is 0.272 e. The zero-order valence-electron chi connectivity index (χ0n) is 13.7. The molecule has 1 aromatic carbocycles. The van der Waals surface area contributed by atoms with E-state index in [-0.39, 0.29) is 12.0 Å². The van der Waals surface area contributed by atoms with Crippen LogP contribution in [0.1, 0.15) is 23.3 Å². The van der Waals surface area contributed by atoms with Gasteiger partial charge < -0.3 is 9.64 Å². The molecule has 4 rings (SSSR count). The van der Waals surface area contributed by atoms with E-state index in [2.05, 4.69) is 15.0 Å².